The number of aromatic nitrogens is 2. The molecule has 32 heavy (non-hydrogen) atoms. The van der Waals surface area contributed by atoms with Gasteiger partial charge in [0.2, 0.25) is 5.89 Å². The predicted molar refractivity (Wildman–Crippen MR) is 118 cm³/mol. The summed E-state index contributed by atoms with van der Waals surface area (Å²) in [6, 6.07) is 14.0. The molecule has 9 heteroatoms. The van der Waals surface area contributed by atoms with Gasteiger partial charge < -0.3 is 14.1 Å². The van der Waals surface area contributed by atoms with E-state index in [1.54, 1.807) is 18.2 Å². The molecule has 0 spiro atoms. The number of hydrogen-bond donors (Lipinski definition) is 0. The number of ether oxygens (including phenoxy) is 1. The monoisotopic (exact) mass is 457 g/mol. The van der Waals surface area contributed by atoms with Crippen LogP contribution < -0.4 is 9.64 Å². The van der Waals surface area contributed by atoms with Crippen molar-refractivity contribution in [2.45, 2.75) is 31.1 Å². The quantitative estimate of drug-likeness (QED) is 0.352. The number of alkyl halides is 2. The zero-order valence-electron chi connectivity index (χ0n) is 17.7. The first kappa shape index (κ1) is 22.0. The summed E-state index contributed by atoms with van der Waals surface area (Å²) >= 11 is 1.15. The van der Waals surface area contributed by atoms with Gasteiger partial charge in [0.15, 0.2) is 5.78 Å². The van der Waals surface area contributed by atoms with E-state index in [9.17, 15) is 13.6 Å². The third kappa shape index (κ3) is 4.38. The zero-order valence-corrected chi connectivity index (χ0v) is 18.5. The van der Waals surface area contributed by atoms with Gasteiger partial charge in [-0.05, 0) is 35.9 Å². The molecule has 0 bridgehead atoms. The molecule has 2 aromatic carbocycles. The number of nitrogens with zero attached hydrogens (tertiary/aromatic N) is 3. The molecule has 0 saturated carbocycles. The molecule has 2 heterocycles. The molecule has 0 radical (unpaired) electrons. The number of hydrogen-bond acceptors (Lipinski definition) is 7. The van der Waals surface area contributed by atoms with E-state index < -0.39 is 6.61 Å². The predicted octanol–water partition coefficient (Wildman–Crippen LogP) is 5.31. The van der Waals surface area contributed by atoms with Gasteiger partial charge in [-0.1, -0.05) is 43.8 Å². The number of anilines is 1. The number of fused-ring (bicyclic) bond motifs is 1. The van der Waals surface area contributed by atoms with Crippen molar-refractivity contribution >= 4 is 23.2 Å². The van der Waals surface area contributed by atoms with E-state index >= 15 is 0 Å². The first-order chi connectivity index (χ1) is 15.3. The molecule has 0 aliphatic carbocycles. The van der Waals surface area contributed by atoms with Crippen LogP contribution in [0.2, 0.25) is 0 Å². The van der Waals surface area contributed by atoms with Gasteiger partial charge in [-0.25, -0.2) is 0 Å². The van der Waals surface area contributed by atoms with Gasteiger partial charge in [0.05, 0.1) is 5.75 Å². The van der Waals surface area contributed by atoms with Gasteiger partial charge >= 0.3 is 6.61 Å². The van der Waals surface area contributed by atoms with Crippen molar-refractivity contribution in [2.24, 2.45) is 0 Å². The van der Waals surface area contributed by atoms with Crippen LogP contribution in [0.1, 0.15) is 19.4 Å². The molecular formula is C23H21F2N3O3S. The van der Waals surface area contributed by atoms with Crippen molar-refractivity contribution in [3.05, 3.63) is 65.9 Å². The Morgan fingerprint density at radius 1 is 1.19 bits per heavy atom. The van der Waals surface area contributed by atoms with E-state index in [1.165, 1.54) is 17.7 Å². The van der Waals surface area contributed by atoms with E-state index in [0.29, 0.717) is 5.56 Å². The van der Waals surface area contributed by atoms with E-state index in [2.05, 4.69) is 34.8 Å². The molecule has 0 fully saturated rings. The van der Waals surface area contributed by atoms with Crippen LogP contribution in [0.3, 0.4) is 0 Å². The van der Waals surface area contributed by atoms with Gasteiger partial charge in [0, 0.05) is 35.5 Å². The summed E-state index contributed by atoms with van der Waals surface area (Å²) in [5.74, 6) is 0.352. The molecule has 0 N–H and O–H groups in total. The molecule has 3 aromatic rings. The Kier molecular flexibility index (Phi) is 6.01. The van der Waals surface area contributed by atoms with Crippen molar-refractivity contribution in [3.8, 4) is 17.2 Å². The SMILES string of the molecule is CN1/C(=C/C(=O)CSc2nnc(-c3ccc(OC(F)F)cc3)o2)C(C)(C)c2ccccc21. The second kappa shape index (κ2) is 8.74. The summed E-state index contributed by atoms with van der Waals surface area (Å²) in [6.45, 7) is 1.32. The Morgan fingerprint density at radius 2 is 1.91 bits per heavy atom. The maximum Gasteiger partial charge on any atom is 0.387 e. The molecule has 0 atom stereocenters. The summed E-state index contributed by atoms with van der Waals surface area (Å²) in [6.07, 6.45) is 1.67. The molecule has 166 valence electrons. The van der Waals surface area contributed by atoms with Crippen molar-refractivity contribution in [1.82, 2.24) is 10.2 Å². The van der Waals surface area contributed by atoms with Crippen LogP contribution in [-0.4, -0.2) is 35.4 Å². The molecule has 1 aliphatic rings. The van der Waals surface area contributed by atoms with E-state index in [4.69, 9.17) is 4.42 Å². The Hall–Kier alpha value is -3.20. The molecule has 4 rings (SSSR count). The summed E-state index contributed by atoms with van der Waals surface area (Å²) in [5.41, 5.74) is 3.49. The minimum Gasteiger partial charge on any atom is -0.435 e. The molecule has 1 aromatic heterocycles. The van der Waals surface area contributed by atoms with Crippen molar-refractivity contribution < 1.29 is 22.7 Å². The first-order valence-electron chi connectivity index (χ1n) is 9.85. The molecular weight excluding hydrogens is 436 g/mol. The highest BCUT2D eigenvalue weighted by molar-refractivity contribution is 7.99. The number of allylic oxidation sites excluding steroid dienone is 2. The fourth-order valence-electron chi connectivity index (χ4n) is 3.75. The number of likely N-dealkylation sites (N-methyl/N-ethyl adjacent to an activating group) is 1. The zero-order chi connectivity index (χ0) is 22.9. The minimum atomic E-state index is -2.89. The number of carbonyl (C=O) groups excluding carboxylic acids is 1. The normalized spacial score (nSPS) is 15.9. The van der Waals surface area contributed by atoms with Crippen molar-refractivity contribution in [3.63, 3.8) is 0 Å². The Labute approximate surface area is 188 Å². The van der Waals surface area contributed by atoms with Gasteiger partial charge in [0.1, 0.15) is 5.75 Å². The van der Waals surface area contributed by atoms with Crippen LogP contribution in [0.15, 0.2) is 69.9 Å². The van der Waals surface area contributed by atoms with Gasteiger partial charge in [-0.3, -0.25) is 4.79 Å². The van der Waals surface area contributed by atoms with Crippen LogP contribution in [-0.2, 0) is 10.2 Å². The van der Waals surface area contributed by atoms with Crippen LogP contribution in [0.4, 0.5) is 14.5 Å². The second-order valence-electron chi connectivity index (χ2n) is 7.76. The smallest absolute Gasteiger partial charge is 0.387 e. The second-order valence-corrected chi connectivity index (χ2v) is 8.69. The highest BCUT2D eigenvalue weighted by Gasteiger charge is 2.38. The summed E-state index contributed by atoms with van der Waals surface area (Å²) < 4.78 is 34.4. The average Bonchev–Trinajstić information content (AvgIpc) is 3.31. The standard InChI is InChI=1S/C23H21F2N3O3S/c1-23(2)17-6-4-5-7-18(17)28(3)19(23)12-15(29)13-32-22-27-26-20(31-22)14-8-10-16(11-9-14)30-21(24)25/h4-12,21H,13H2,1-3H3/b19-12+. The molecule has 1 aliphatic heterocycles. The van der Waals surface area contributed by atoms with Crippen LogP contribution in [0.5, 0.6) is 5.75 Å². The molecule has 6 nitrogen and oxygen atoms in total. The molecule has 0 unspecified atom stereocenters. The lowest BCUT2D eigenvalue weighted by Crippen LogP contribution is -2.24. The summed E-state index contributed by atoms with van der Waals surface area (Å²) in [5, 5.41) is 8.17. The summed E-state index contributed by atoms with van der Waals surface area (Å²) in [7, 11) is 1.96. The molecule has 0 saturated heterocycles. The fourth-order valence-corrected chi connectivity index (χ4v) is 4.34. The maximum atomic E-state index is 12.7. The molecule has 0 amide bonds. The number of thioether (sulfide) groups is 1. The van der Waals surface area contributed by atoms with Crippen LogP contribution in [0, 0.1) is 0 Å². The number of rotatable bonds is 7. The third-order valence-electron chi connectivity index (χ3n) is 5.31. The largest absolute Gasteiger partial charge is 0.435 e. The van der Waals surface area contributed by atoms with Crippen molar-refractivity contribution in [2.75, 3.05) is 17.7 Å². The number of carbonyl (C=O) groups is 1. The maximum absolute atomic E-state index is 12.7. The Morgan fingerprint density at radius 3 is 2.59 bits per heavy atom. The van der Waals surface area contributed by atoms with E-state index in [-0.39, 0.29) is 33.8 Å². The minimum absolute atomic E-state index is 0.0402. The lowest BCUT2D eigenvalue weighted by atomic mass is 9.83. The van der Waals surface area contributed by atoms with Crippen molar-refractivity contribution in [1.29, 1.82) is 0 Å². The Balaban J connectivity index is 1.41. The van der Waals surface area contributed by atoms with E-state index in [1.807, 2.05) is 30.1 Å². The number of para-hydroxylation sites is 1. The Bertz CT molecular complexity index is 1160. The number of benzene rings is 2. The lowest BCUT2D eigenvalue weighted by Gasteiger charge is -2.23. The highest BCUT2D eigenvalue weighted by Crippen LogP contribution is 2.46. The van der Waals surface area contributed by atoms with Gasteiger partial charge in [0.25, 0.3) is 5.22 Å². The number of ketones is 1. The van der Waals surface area contributed by atoms with E-state index in [0.717, 1.165) is 23.1 Å². The third-order valence-corrected chi connectivity index (χ3v) is 6.15. The van der Waals surface area contributed by atoms with Gasteiger partial charge in [-0.15, -0.1) is 10.2 Å². The first-order valence-corrected chi connectivity index (χ1v) is 10.8. The summed E-state index contributed by atoms with van der Waals surface area (Å²) in [4.78, 5) is 14.7. The average molecular weight is 458 g/mol. The fraction of sp³-hybridized carbons (Fsp3) is 0.261. The topological polar surface area (TPSA) is 68.5 Å². The lowest BCUT2D eigenvalue weighted by molar-refractivity contribution is -0.112. The number of halogens is 2. The van der Waals surface area contributed by atoms with Crippen LogP contribution in [0.25, 0.3) is 11.5 Å². The van der Waals surface area contributed by atoms with Gasteiger partial charge in [-0.2, -0.15) is 8.78 Å². The highest BCUT2D eigenvalue weighted by atomic mass is 32.2. The van der Waals surface area contributed by atoms with Crippen LogP contribution >= 0.6 is 11.8 Å².